The van der Waals surface area contributed by atoms with E-state index in [1.807, 2.05) is 24.3 Å². The predicted molar refractivity (Wildman–Crippen MR) is 61.4 cm³/mol. The van der Waals surface area contributed by atoms with Gasteiger partial charge in [-0.2, -0.15) is 0 Å². The SMILES string of the molecule is ClCCc1ncc(-c2ccc(Cl)cc2)o1. The van der Waals surface area contributed by atoms with Crippen molar-refractivity contribution in [3.8, 4) is 11.3 Å². The molecule has 1 aromatic carbocycles. The van der Waals surface area contributed by atoms with E-state index in [-0.39, 0.29) is 0 Å². The van der Waals surface area contributed by atoms with Crippen molar-refractivity contribution < 1.29 is 4.42 Å². The van der Waals surface area contributed by atoms with Crippen molar-refractivity contribution in [1.29, 1.82) is 0 Å². The Labute approximate surface area is 97.8 Å². The second-order valence-corrected chi connectivity index (χ2v) is 3.88. The highest BCUT2D eigenvalue weighted by Gasteiger charge is 2.05. The van der Waals surface area contributed by atoms with E-state index in [1.54, 1.807) is 6.20 Å². The molecule has 0 aliphatic carbocycles. The minimum absolute atomic E-state index is 0.514. The Kier molecular flexibility index (Phi) is 3.29. The first kappa shape index (κ1) is 10.5. The molecule has 0 N–H and O–H groups in total. The van der Waals surface area contributed by atoms with Crippen LogP contribution in [0.2, 0.25) is 5.02 Å². The summed E-state index contributed by atoms with van der Waals surface area (Å²) in [5, 5.41) is 0.708. The Morgan fingerprint density at radius 2 is 1.93 bits per heavy atom. The van der Waals surface area contributed by atoms with Crippen LogP contribution in [0.4, 0.5) is 0 Å². The number of rotatable bonds is 3. The van der Waals surface area contributed by atoms with E-state index < -0.39 is 0 Å². The number of aromatic nitrogens is 1. The van der Waals surface area contributed by atoms with Gasteiger partial charge in [0.2, 0.25) is 0 Å². The summed E-state index contributed by atoms with van der Waals surface area (Å²) in [5.41, 5.74) is 0.965. The van der Waals surface area contributed by atoms with Gasteiger partial charge in [-0.3, -0.25) is 0 Å². The van der Waals surface area contributed by atoms with Crippen LogP contribution in [0.1, 0.15) is 5.89 Å². The molecule has 0 radical (unpaired) electrons. The Bertz CT molecular complexity index is 436. The van der Waals surface area contributed by atoms with Gasteiger partial charge in [-0.15, -0.1) is 11.6 Å². The summed E-state index contributed by atoms with van der Waals surface area (Å²) in [7, 11) is 0. The molecule has 0 saturated heterocycles. The van der Waals surface area contributed by atoms with Crippen molar-refractivity contribution in [3.05, 3.63) is 41.4 Å². The normalized spacial score (nSPS) is 10.5. The van der Waals surface area contributed by atoms with Crippen LogP contribution >= 0.6 is 23.2 Å². The number of halogens is 2. The fraction of sp³-hybridized carbons (Fsp3) is 0.182. The summed E-state index contributed by atoms with van der Waals surface area (Å²) in [6.45, 7) is 0. The average Bonchev–Trinajstić information content (AvgIpc) is 2.68. The van der Waals surface area contributed by atoms with Crippen LogP contribution in [0.25, 0.3) is 11.3 Å². The van der Waals surface area contributed by atoms with Crippen molar-refractivity contribution in [2.45, 2.75) is 6.42 Å². The maximum Gasteiger partial charge on any atom is 0.196 e. The Hall–Kier alpha value is -0.990. The molecule has 15 heavy (non-hydrogen) atoms. The lowest BCUT2D eigenvalue weighted by atomic mass is 10.2. The molecule has 1 heterocycles. The van der Waals surface area contributed by atoms with Crippen molar-refractivity contribution in [2.24, 2.45) is 0 Å². The maximum absolute atomic E-state index is 5.79. The van der Waals surface area contributed by atoms with Crippen molar-refractivity contribution >= 4 is 23.2 Å². The third-order valence-corrected chi connectivity index (χ3v) is 2.43. The Morgan fingerprint density at radius 1 is 1.20 bits per heavy atom. The number of nitrogens with zero attached hydrogens (tertiary/aromatic N) is 1. The van der Waals surface area contributed by atoms with E-state index in [2.05, 4.69) is 4.98 Å². The molecule has 2 rings (SSSR count). The first-order valence-electron chi connectivity index (χ1n) is 4.56. The van der Waals surface area contributed by atoms with Gasteiger partial charge in [-0.1, -0.05) is 11.6 Å². The molecule has 78 valence electrons. The predicted octanol–water partition coefficient (Wildman–Crippen LogP) is 3.78. The molecule has 1 aromatic heterocycles. The fourth-order valence-corrected chi connectivity index (χ4v) is 1.54. The summed E-state index contributed by atoms with van der Waals surface area (Å²) >= 11 is 11.4. The number of hydrogen-bond donors (Lipinski definition) is 0. The largest absolute Gasteiger partial charge is 0.441 e. The fourth-order valence-electron chi connectivity index (χ4n) is 1.25. The zero-order valence-corrected chi connectivity index (χ0v) is 9.42. The summed E-state index contributed by atoms with van der Waals surface area (Å²) in [4.78, 5) is 4.12. The third kappa shape index (κ3) is 2.52. The van der Waals surface area contributed by atoms with Crippen LogP contribution in [0.5, 0.6) is 0 Å². The van der Waals surface area contributed by atoms with Crippen molar-refractivity contribution in [2.75, 3.05) is 5.88 Å². The van der Waals surface area contributed by atoms with Gasteiger partial charge >= 0.3 is 0 Å². The quantitative estimate of drug-likeness (QED) is 0.765. The maximum atomic E-state index is 5.79. The van der Waals surface area contributed by atoms with Crippen LogP contribution in [-0.2, 0) is 6.42 Å². The summed E-state index contributed by atoms with van der Waals surface area (Å²) in [6, 6.07) is 7.43. The van der Waals surface area contributed by atoms with E-state index in [9.17, 15) is 0 Å². The molecule has 0 bridgehead atoms. The van der Waals surface area contributed by atoms with E-state index in [0.717, 1.165) is 11.3 Å². The van der Waals surface area contributed by atoms with Gasteiger partial charge in [0.25, 0.3) is 0 Å². The number of aryl methyl sites for hydroxylation is 1. The van der Waals surface area contributed by atoms with Crippen LogP contribution < -0.4 is 0 Å². The second-order valence-electron chi connectivity index (χ2n) is 3.06. The number of benzene rings is 1. The van der Waals surface area contributed by atoms with Crippen LogP contribution in [0, 0.1) is 0 Å². The zero-order chi connectivity index (χ0) is 10.7. The van der Waals surface area contributed by atoms with Crippen LogP contribution in [0.15, 0.2) is 34.9 Å². The molecule has 2 aromatic rings. The molecular formula is C11H9Cl2NO. The highest BCUT2D eigenvalue weighted by atomic mass is 35.5. The Morgan fingerprint density at radius 3 is 2.60 bits per heavy atom. The van der Waals surface area contributed by atoms with E-state index in [1.165, 1.54) is 0 Å². The minimum Gasteiger partial charge on any atom is -0.441 e. The lowest BCUT2D eigenvalue weighted by molar-refractivity contribution is 0.515. The van der Waals surface area contributed by atoms with Crippen LogP contribution in [-0.4, -0.2) is 10.9 Å². The molecule has 0 saturated carbocycles. The molecule has 0 unspecified atom stereocenters. The monoisotopic (exact) mass is 241 g/mol. The molecule has 4 heteroatoms. The standard InChI is InChI=1S/C11H9Cl2NO/c12-6-5-11-14-7-10(15-11)8-1-3-9(13)4-2-8/h1-4,7H,5-6H2. The molecule has 0 fully saturated rings. The Balaban J connectivity index is 2.25. The first-order valence-corrected chi connectivity index (χ1v) is 5.47. The summed E-state index contributed by atoms with van der Waals surface area (Å²) < 4.78 is 5.51. The zero-order valence-electron chi connectivity index (χ0n) is 7.91. The highest BCUT2D eigenvalue weighted by Crippen LogP contribution is 2.22. The molecule has 0 atom stereocenters. The lowest BCUT2D eigenvalue weighted by Crippen LogP contribution is -1.83. The van der Waals surface area contributed by atoms with Gasteiger partial charge < -0.3 is 4.42 Å². The second kappa shape index (κ2) is 4.69. The highest BCUT2D eigenvalue weighted by molar-refractivity contribution is 6.30. The number of alkyl halides is 1. The summed E-state index contributed by atoms with van der Waals surface area (Å²) in [6.07, 6.45) is 2.35. The topological polar surface area (TPSA) is 26.0 Å². The van der Waals surface area contributed by atoms with Gasteiger partial charge in [0.05, 0.1) is 6.20 Å². The first-order chi connectivity index (χ1) is 7.29. The minimum atomic E-state index is 0.514. The molecule has 0 aliphatic heterocycles. The average molecular weight is 242 g/mol. The smallest absolute Gasteiger partial charge is 0.196 e. The van der Waals surface area contributed by atoms with E-state index >= 15 is 0 Å². The summed E-state index contributed by atoms with van der Waals surface area (Å²) in [5.74, 6) is 1.92. The van der Waals surface area contributed by atoms with Crippen LogP contribution in [0.3, 0.4) is 0 Å². The van der Waals surface area contributed by atoms with Crippen molar-refractivity contribution in [1.82, 2.24) is 4.98 Å². The lowest BCUT2D eigenvalue weighted by Gasteiger charge is -1.95. The van der Waals surface area contributed by atoms with Gasteiger partial charge in [0, 0.05) is 22.9 Å². The molecule has 0 aliphatic rings. The van der Waals surface area contributed by atoms with Gasteiger partial charge in [0.15, 0.2) is 11.7 Å². The van der Waals surface area contributed by atoms with Gasteiger partial charge in [-0.05, 0) is 24.3 Å². The molecule has 0 spiro atoms. The van der Waals surface area contributed by atoms with E-state index in [0.29, 0.717) is 23.2 Å². The third-order valence-electron chi connectivity index (χ3n) is 1.99. The molecule has 0 amide bonds. The van der Waals surface area contributed by atoms with Crippen molar-refractivity contribution in [3.63, 3.8) is 0 Å². The van der Waals surface area contributed by atoms with Gasteiger partial charge in [-0.25, -0.2) is 4.98 Å². The van der Waals surface area contributed by atoms with E-state index in [4.69, 9.17) is 27.6 Å². The molecule has 2 nitrogen and oxygen atoms in total. The molecular weight excluding hydrogens is 233 g/mol. The van der Waals surface area contributed by atoms with Gasteiger partial charge in [0.1, 0.15) is 0 Å². The number of oxazole rings is 1. The number of hydrogen-bond acceptors (Lipinski definition) is 2.